The van der Waals surface area contributed by atoms with E-state index in [4.69, 9.17) is 0 Å². The number of carbonyl (C=O) groups excluding carboxylic acids is 2. The zero-order chi connectivity index (χ0) is 11.7. The average Bonchev–Trinajstić information content (AvgIpc) is 2.51. The smallest absolute Gasteiger partial charge is 0.300 e. The number of carbonyl (C=O) groups is 2. The summed E-state index contributed by atoms with van der Waals surface area (Å²) in [6.45, 7) is 1.73. The normalized spacial score (nSPS) is 16.2. The van der Waals surface area contributed by atoms with Crippen LogP contribution in [0.1, 0.15) is 13.3 Å². The first kappa shape index (κ1) is 10.4. The van der Waals surface area contributed by atoms with Crippen LogP contribution >= 0.6 is 0 Å². The maximum atomic E-state index is 11.8. The third kappa shape index (κ3) is 1.39. The molecule has 0 radical (unpaired) electrons. The van der Waals surface area contributed by atoms with Crippen LogP contribution in [0.25, 0.3) is 0 Å². The lowest BCUT2D eigenvalue weighted by atomic mass is 10.2. The standard InChI is InChI=1S/C12H11NO3/c1-2-9-10(14)12(16)13(11(9)15)8-6-4-3-5-7-8/h3-7,14H,2H2,1H3. The number of nitrogens with zero attached hydrogens (tertiary/aromatic N) is 1. The summed E-state index contributed by atoms with van der Waals surface area (Å²) in [6.07, 6.45) is 0.347. The van der Waals surface area contributed by atoms with Crippen LogP contribution in [0.2, 0.25) is 0 Å². The van der Waals surface area contributed by atoms with Gasteiger partial charge in [-0.15, -0.1) is 0 Å². The molecule has 2 rings (SSSR count). The highest BCUT2D eigenvalue weighted by molar-refractivity contribution is 6.31. The number of benzene rings is 1. The first-order valence-electron chi connectivity index (χ1n) is 5.02. The van der Waals surface area contributed by atoms with Crippen LogP contribution in [0.3, 0.4) is 0 Å². The van der Waals surface area contributed by atoms with Gasteiger partial charge >= 0.3 is 5.91 Å². The average molecular weight is 217 g/mol. The van der Waals surface area contributed by atoms with Crippen LogP contribution in [0.5, 0.6) is 0 Å². The number of anilines is 1. The number of hydrogen-bond acceptors (Lipinski definition) is 3. The monoisotopic (exact) mass is 217 g/mol. The van der Waals surface area contributed by atoms with Gasteiger partial charge in [-0.2, -0.15) is 0 Å². The Kier molecular flexibility index (Phi) is 2.48. The van der Waals surface area contributed by atoms with Crippen LogP contribution in [-0.4, -0.2) is 16.9 Å². The quantitative estimate of drug-likeness (QED) is 0.768. The van der Waals surface area contributed by atoms with Gasteiger partial charge in [0.1, 0.15) is 0 Å². The molecule has 0 bridgehead atoms. The molecule has 1 aromatic carbocycles. The molecule has 0 spiro atoms. The molecular formula is C12H11NO3. The second-order valence-corrected chi connectivity index (χ2v) is 3.46. The lowest BCUT2D eigenvalue weighted by Gasteiger charge is -2.13. The highest BCUT2D eigenvalue weighted by Gasteiger charge is 2.38. The first-order valence-corrected chi connectivity index (χ1v) is 5.02. The summed E-state index contributed by atoms with van der Waals surface area (Å²) in [7, 11) is 0. The van der Waals surface area contributed by atoms with Gasteiger partial charge in [0.2, 0.25) is 0 Å². The van der Waals surface area contributed by atoms with E-state index in [1.165, 1.54) is 0 Å². The maximum Gasteiger partial charge on any atom is 0.300 e. The van der Waals surface area contributed by atoms with E-state index in [9.17, 15) is 14.7 Å². The second kappa shape index (κ2) is 3.81. The molecule has 1 aromatic rings. The Balaban J connectivity index is 2.42. The lowest BCUT2D eigenvalue weighted by molar-refractivity contribution is -0.121. The first-order chi connectivity index (χ1) is 7.66. The molecule has 2 amide bonds. The number of hydrogen-bond donors (Lipinski definition) is 1. The van der Waals surface area contributed by atoms with Gasteiger partial charge in [0.05, 0.1) is 11.3 Å². The fourth-order valence-electron chi connectivity index (χ4n) is 1.69. The molecule has 4 nitrogen and oxygen atoms in total. The fraction of sp³-hybridized carbons (Fsp3) is 0.167. The Morgan fingerprint density at radius 3 is 2.25 bits per heavy atom. The van der Waals surface area contributed by atoms with Crippen molar-refractivity contribution in [2.75, 3.05) is 4.90 Å². The van der Waals surface area contributed by atoms with E-state index >= 15 is 0 Å². The van der Waals surface area contributed by atoms with Gasteiger partial charge in [0.15, 0.2) is 5.76 Å². The molecule has 0 unspecified atom stereocenters. The molecule has 0 fully saturated rings. The van der Waals surface area contributed by atoms with E-state index in [0.717, 1.165) is 4.90 Å². The molecule has 1 aliphatic rings. The SMILES string of the molecule is CCC1=C(O)C(=O)N(c2ccccc2)C1=O. The molecule has 82 valence electrons. The number of amides is 2. The van der Waals surface area contributed by atoms with Crippen molar-refractivity contribution in [3.63, 3.8) is 0 Å². The van der Waals surface area contributed by atoms with Gasteiger partial charge in [0.25, 0.3) is 5.91 Å². The van der Waals surface area contributed by atoms with Crippen LogP contribution in [0.4, 0.5) is 5.69 Å². The van der Waals surface area contributed by atoms with Crippen molar-refractivity contribution < 1.29 is 14.7 Å². The van der Waals surface area contributed by atoms with Crippen LogP contribution in [-0.2, 0) is 9.59 Å². The lowest BCUT2D eigenvalue weighted by Crippen LogP contribution is -2.31. The van der Waals surface area contributed by atoms with Crippen molar-refractivity contribution in [1.82, 2.24) is 0 Å². The molecule has 16 heavy (non-hydrogen) atoms. The van der Waals surface area contributed by atoms with E-state index in [1.54, 1.807) is 37.3 Å². The molecule has 1 aliphatic heterocycles. The number of rotatable bonds is 2. The molecule has 0 saturated heterocycles. The summed E-state index contributed by atoms with van der Waals surface area (Å²) in [6, 6.07) is 8.57. The summed E-state index contributed by atoms with van der Waals surface area (Å²) in [4.78, 5) is 24.5. The van der Waals surface area contributed by atoms with Gasteiger partial charge in [-0.1, -0.05) is 25.1 Å². The minimum Gasteiger partial charge on any atom is -0.503 e. The van der Waals surface area contributed by atoms with Gasteiger partial charge in [-0.3, -0.25) is 9.59 Å². The Hall–Kier alpha value is -2.10. The molecule has 0 saturated carbocycles. The van der Waals surface area contributed by atoms with Gasteiger partial charge < -0.3 is 5.11 Å². The van der Waals surface area contributed by atoms with E-state index in [0.29, 0.717) is 12.1 Å². The van der Waals surface area contributed by atoms with Crippen molar-refractivity contribution in [3.8, 4) is 0 Å². The highest BCUT2D eigenvalue weighted by Crippen LogP contribution is 2.26. The van der Waals surface area contributed by atoms with Crippen molar-refractivity contribution in [1.29, 1.82) is 0 Å². The zero-order valence-electron chi connectivity index (χ0n) is 8.80. The predicted octanol–water partition coefficient (Wildman–Crippen LogP) is 1.78. The van der Waals surface area contributed by atoms with Crippen LogP contribution < -0.4 is 4.90 Å². The molecule has 4 heteroatoms. The Bertz CT molecular complexity index is 476. The minimum atomic E-state index is -0.645. The number of aliphatic hydroxyl groups is 1. The maximum absolute atomic E-state index is 11.8. The largest absolute Gasteiger partial charge is 0.503 e. The minimum absolute atomic E-state index is 0.175. The summed E-state index contributed by atoms with van der Waals surface area (Å²) in [5.41, 5.74) is 0.654. The van der Waals surface area contributed by atoms with E-state index in [2.05, 4.69) is 0 Å². The Morgan fingerprint density at radius 1 is 1.12 bits per heavy atom. The summed E-state index contributed by atoms with van der Waals surface area (Å²) in [5.74, 6) is -1.51. The van der Waals surface area contributed by atoms with Gasteiger partial charge in [-0.05, 0) is 18.6 Å². The number of aliphatic hydroxyl groups excluding tert-OH is 1. The van der Waals surface area contributed by atoms with Crippen LogP contribution in [0.15, 0.2) is 41.7 Å². The summed E-state index contributed by atoms with van der Waals surface area (Å²) in [5, 5.41) is 9.53. The van der Waals surface area contributed by atoms with E-state index in [1.807, 2.05) is 0 Å². The predicted molar refractivity (Wildman–Crippen MR) is 58.9 cm³/mol. The second-order valence-electron chi connectivity index (χ2n) is 3.46. The third-order valence-corrected chi connectivity index (χ3v) is 2.52. The van der Waals surface area contributed by atoms with Crippen molar-refractivity contribution in [3.05, 3.63) is 41.7 Å². The van der Waals surface area contributed by atoms with E-state index in [-0.39, 0.29) is 5.57 Å². The van der Waals surface area contributed by atoms with Crippen molar-refractivity contribution in [2.24, 2.45) is 0 Å². The van der Waals surface area contributed by atoms with E-state index < -0.39 is 17.6 Å². The van der Waals surface area contributed by atoms with Crippen molar-refractivity contribution >= 4 is 17.5 Å². The number of imide groups is 1. The molecule has 0 aromatic heterocycles. The summed E-state index contributed by atoms with van der Waals surface area (Å²) < 4.78 is 0. The third-order valence-electron chi connectivity index (χ3n) is 2.52. The zero-order valence-corrected chi connectivity index (χ0v) is 8.80. The molecule has 1 heterocycles. The van der Waals surface area contributed by atoms with Gasteiger partial charge in [-0.25, -0.2) is 4.90 Å². The van der Waals surface area contributed by atoms with Gasteiger partial charge in [0, 0.05) is 0 Å². The molecule has 1 N–H and O–H groups in total. The van der Waals surface area contributed by atoms with Crippen LogP contribution in [0, 0.1) is 0 Å². The topological polar surface area (TPSA) is 57.6 Å². The Morgan fingerprint density at radius 2 is 1.75 bits per heavy atom. The highest BCUT2D eigenvalue weighted by atomic mass is 16.3. The molecular weight excluding hydrogens is 206 g/mol. The Labute approximate surface area is 92.8 Å². The summed E-state index contributed by atoms with van der Waals surface area (Å²) >= 11 is 0. The van der Waals surface area contributed by atoms with Crippen molar-refractivity contribution in [2.45, 2.75) is 13.3 Å². The number of para-hydroxylation sites is 1. The molecule has 0 aliphatic carbocycles. The fourth-order valence-corrected chi connectivity index (χ4v) is 1.69. The molecule has 0 atom stereocenters.